The second-order valence-electron chi connectivity index (χ2n) is 4.53. The molecule has 2 aliphatic heterocycles. The molecule has 1 aromatic rings. The zero-order valence-corrected chi connectivity index (χ0v) is 8.32. The summed E-state index contributed by atoms with van der Waals surface area (Å²) < 4.78 is 11.3. The molecule has 2 bridgehead atoms. The van der Waals surface area contributed by atoms with Gasteiger partial charge in [-0.2, -0.15) is 0 Å². The summed E-state index contributed by atoms with van der Waals surface area (Å²) in [6.45, 7) is 3.63. The van der Waals surface area contributed by atoms with Gasteiger partial charge in [-0.25, -0.2) is 0 Å². The molecule has 0 aromatic heterocycles. The van der Waals surface area contributed by atoms with E-state index in [9.17, 15) is 0 Å². The van der Waals surface area contributed by atoms with Gasteiger partial charge in [-0.15, -0.1) is 0 Å². The summed E-state index contributed by atoms with van der Waals surface area (Å²) in [5, 5.41) is 0. The van der Waals surface area contributed by atoms with Crippen molar-refractivity contribution in [3.63, 3.8) is 0 Å². The first-order valence-electron chi connectivity index (χ1n) is 5.06. The summed E-state index contributed by atoms with van der Waals surface area (Å²) in [5.41, 5.74) is 1.47. The Kier molecular flexibility index (Phi) is 1.56. The highest BCUT2D eigenvalue weighted by Crippen LogP contribution is 2.48. The van der Waals surface area contributed by atoms with Gasteiger partial charge in [0.25, 0.3) is 0 Å². The normalized spacial score (nSPS) is 40.4. The number of hydrogen-bond donors (Lipinski definition) is 0. The monoisotopic (exact) mass is 190 g/mol. The van der Waals surface area contributed by atoms with Crippen molar-refractivity contribution in [1.82, 2.24) is 0 Å². The quantitative estimate of drug-likeness (QED) is 0.675. The maximum absolute atomic E-state index is 5.67. The van der Waals surface area contributed by atoms with Gasteiger partial charge in [-0.1, -0.05) is 30.3 Å². The molecule has 0 saturated carbocycles. The smallest absolute Gasteiger partial charge is 0.166 e. The maximum Gasteiger partial charge on any atom is 0.166 e. The summed E-state index contributed by atoms with van der Waals surface area (Å²) in [4.78, 5) is 0. The molecule has 2 nitrogen and oxygen atoms in total. The molecule has 0 radical (unpaired) electrons. The van der Waals surface area contributed by atoms with Crippen LogP contribution in [-0.4, -0.2) is 19.0 Å². The summed E-state index contributed by atoms with van der Waals surface area (Å²) in [5.74, 6) is -0.324. The number of rotatable bonds is 1. The molecular weight excluding hydrogens is 176 g/mol. The Bertz CT molecular complexity index is 337. The molecule has 0 unspecified atom stereocenters. The van der Waals surface area contributed by atoms with Crippen LogP contribution in [0.25, 0.3) is 0 Å². The molecule has 0 atom stereocenters. The molecule has 0 aliphatic carbocycles. The molecule has 0 amide bonds. The van der Waals surface area contributed by atoms with Gasteiger partial charge in [-0.05, 0) is 12.5 Å². The van der Waals surface area contributed by atoms with Crippen molar-refractivity contribution in [2.24, 2.45) is 0 Å². The van der Waals surface area contributed by atoms with Gasteiger partial charge in [-0.3, -0.25) is 0 Å². The van der Waals surface area contributed by atoms with Crippen LogP contribution in [0, 0.1) is 0 Å². The molecule has 2 saturated heterocycles. The van der Waals surface area contributed by atoms with E-state index in [1.807, 2.05) is 13.0 Å². The fourth-order valence-electron chi connectivity index (χ4n) is 2.54. The molecule has 2 heterocycles. The molecule has 0 N–H and O–H groups in total. The second kappa shape index (κ2) is 2.59. The molecule has 3 rings (SSSR count). The van der Waals surface area contributed by atoms with Crippen LogP contribution in [0.3, 0.4) is 0 Å². The van der Waals surface area contributed by atoms with E-state index in [2.05, 4.69) is 24.3 Å². The number of hydrogen-bond acceptors (Lipinski definition) is 2. The lowest BCUT2D eigenvalue weighted by Gasteiger charge is -2.26. The third-order valence-corrected chi connectivity index (χ3v) is 3.35. The highest BCUT2D eigenvalue weighted by molar-refractivity contribution is 5.29. The van der Waals surface area contributed by atoms with Crippen molar-refractivity contribution in [2.75, 3.05) is 13.2 Å². The van der Waals surface area contributed by atoms with Crippen LogP contribution in [0.1, 0.15) is 18.9 Å². The Morgan fingerprint density at radius 3 is 2.21 bits per heavy atom. The van der Waals surface area contributed by atoms with Gasteiger partial charge >= 0.3 is 0 Å². The van der Waals surface area contributed by atoms with Gasteiger partial charge in [0.2, 0.25) is 0 Å². The summed E-state index contributed by atoms with van der Waals surface area (Å²) in [7, 11) is 0. The molecule has 14 heavy (non-hydrogen) atoms. The van der Waals surface area contributed by atoms with E-state index >= 15 is 0 Å². The van der Waals surface area contributed by atoms with E-state index in [4.69, 9.17) is 9.47 Å². The zero-order valence-electron chi connectivity index (χ0n) is 8.32. The minimum Gasteiger partial charge on any atom is -0.349 e. The largest absolute Gasteiger partial charge is 0.349 e. The van der Waals surface area contributed by atoms with E-state index in [1.54, 1.807) is 0 Å². The molecule has 0 spiro atoms. The summed E-state index contributed by atoms with van der Waals surface area (Å²) >= 11 is 0. The fraction of sp³-hybridized carbons (Fsp3) is 0.500. The standard InChI is InChI=1S/C12H14O2/c1-11-7-12(8-13-11,9-14-11)10-5-3-2-4-6-10/h2-6H,7-9H2,1H3. The predicted octanol–water partition coefficient (Wildman–Crippen LogP) is 2.09. The molecule has 2 heteroatoms. The molecule has 2 fully saturated rings. The third kappa shape index (κ3) is 1.04. The van der Waals surface area contributed by atoms with E-state index < -0.39 is 0 Å². The van der Waals surface area contributed by atoms with Crippen LogP contribution < -0.4 is 0 Å². The van der Waals surface area contributed by atoms with Crippen LogP contribution in [0.4, 0.5) is 0 Å². The average Bonchev–Trinajstić information content (AvgIpc) is 2.74. The Morgan fingerprint density at radius 1 is 1.07 bits per heavy atom. The first-order valence-corrected chi connectivity index (χ1v) is 5.06. The number of fused-ring (bicyclic) bond motifs is 2. The van der Waals surface area contributed by atoms with E-state index in [0.29, 0.717) is 0 Å². The summed E-state index contributed by atoms with van der Waals surface area (Å²) in [6.07, 6.45) is 0.990. The zero-order chi connectivity index (χ0) is 9.65. The minimum absolute atomic E-state index is 0.121. The Hall–Kier alpha value is -0.860. The van der Waals surface area contributed by atoms with E-state index in [-0.39, 0.29) is 11.2 Å². The van der Waals surface area contributed by atoms with Crippen molar-refractivity contribution in [3.05, 3.63) is 35.9 Å². The van der Waals surface area contributed by atoms with E-state index in [0.717, 1.165) is 19.6 Å². The third-order valence-electron chi connectivity index (χ3n) is 3.35. The van der Waals surface area contributed by atoms with Gasteiger partial charge in [0.15, 0.2) is 5.79 Å². The van der Waals surface area contributed by atoms with Crippen molar-refractivity contribution < 1.29 is 9.47 Å². The van der Waals surface area contributed by atoms with Crippen LogP contribution in [0.2, 0.25) is 0 Å². The van der Waals surface area contributed by atoms with E-state index in [1.165, 1.54) is 5.56 Å². The first kappa shape index (κ1) is 8.45. The van der Waals surface area contributed by atoms with Crippen LogP contribution in [0.15, 0.2) is 30.3 Å². The van der Waals surface area contributed by atoms with Gasteiger partial charge in [0.05, 0.1) is 13.2 Å². The van der Waals surface area contributed by atoms with Crippen molar-refractivity contribution >= 4 is 0 Å². The van der Waals surface area contributed by atoms with Crippen molar-refractivity contribution in [2.45, 2.75) is 24.5 Å². The fourth-order valence-corrected chi connectivity index (χ4v) is 2.54. The first-order chi connectivity index (χ1) is 6.73. The SMILES string of the molecule is CC12CC(c3ccccc3)(CO1)CO2. The Labute approximate surface area is 83.8 Å². The molecule has 74 valence electrons. The lowest BCUT2D eigenvalue weighted by Crippen LogP contribution is -2.32. The van der Waals surface area contributed by atoms with Gasteiger partial charge in [0, 0.05) is 11.8 Å². The van der Waals surface area contributed by atoms with Crippen molar-refractivity contribution in [1.29, 1.82) is 0 Å². The Morgan fingerprint density at radius 2 is 1.71 bits per heavy atom. The topological polar surface area (TPSA) is 18.5 Å². The van der Waals surface area contributed by atoms with Gasteiger partial charge < -0.3 is 9.47 Å². The maximum atomic E-state index is 5.67. The molecular formula is C12H14O2. The van der Waals surface area contributed by atoms with Crippen LogP contribution in [-0.2, 0) is 14.9 Å². The highest BCUT2D eigenvalue weighted by Gasteiger charge is 2.55. The Balaban J connectivity index is 2.00. The van der Waals surface area contributed by atoms with Crippen LogP contribution >= 0.6 is 0 Å². The lowest BCUT2D eigenvalue weighted by atomic mass is 9.81. The number of benzene rings is 1. The van der Waals surface area contributed by atoms with Crippen molar-refractivity contribution in [3.8, 4) is 0 Å². The molecule has 2 aliphatic rings. The van der Waals surface area contributed by atoms with Crippen LogP contribution in [0.5, 0.6) is 0 Å². The predicted molar refractivity (Wildman–Crippen MR) is 53.0 cm³/mol. The highest BCUT2D eigenvalue weighted by atomic mass is 16.7. The number of ether oxygens (including phenoxy) is 2. The average molecular weight is 190 g/mol. The lowest BCUT2D eigenvalue weighted by molar-refractivity contribution is -0.204. The van der Waals surface area contributed by atoms with Gasteiger partial charge in [0.1, 0.15) is 0 Å². The molecule has 1 aromatic carbocycles. The summed E-state index contributed by atoms with van der Waals surface area (Å²) in [6, 6.07) is 10.6. The minimum atomic E-state index is -0.324. The second-order valence-corrected chi connectivity index (χ2v) is 4.53.